The fourth-order valence-corrected chi connectivity index (χ4v) is 2.25. The van der Waals surface area contributed by atoms with Gasteiger partial charge in [0.15, 0.2) is 0 Å². The van der Waals surface area contributed by atoms with E-state index in [-0.39, 0.29) is 0 Å². The molecule has 0 N–H and O–H groups in total. The van der Waals surface area contributed by atoms with Crippen LogP contribution in [-0.4, -0.2) is 31.5 Å². The van der Waals surface area contributed by atoms with Gasteiger partial charge in [0.25, 0.3) is 0 Å². The molecule has 0 spiro atoms. The Bertz CT molecular complexity index is 458. The van der Waals surface area contributed by atoms with Crippen LogP contribution in [0.2, 0.25) is 10.0 Å². The number of aryl methyl sites for hydroxylation is 2. The number of nitrogens with zero attached hydrogens (tertiary/aromatic N) is 5. The van der Waals surface area contributed by atoms with E-state index in [1.54, 1.807) is 21.8 Å². The third-order valence-electron chi connectivity index (χ3n) is 2.86. The Morgan fingerprint density at radius 3 is 1.67 bits per heavy atom. The molecule has 0 bridgehead atoms. The first-order valence-electron chi connectivity index (χ1n) is 5.50. The predicted octanol–water partition coefficient (Wildman–Crippen LogP) is 2.09. The number of hydrogen-bond donors (Lipinski definition) is 0. The van der Waals surface area contributed by atoms with Crippen molar-refractivity contribution in [1.29, 1.82) is 0 Å². The second-order valence-corrected chi connectivity index (χ2v) is 5.11. The molecule has 0 saturated carbocycles. The molecule has 0 aromatic carbocycles. The third-order valence-corrected chi connectivity index (χ3v) is 3.49. The molecule has 7 heteroatoms. The maximum Gasteiger partial charge on any atom is 0.0831 e. The first-order valence-corrected chi connectivity index (χ1v) is 6.26. The van der Waals surface area contributed by atoms with E-state index >= 15 is 0 Å². The lowest BCUT2D eigenvalue weighted by Gasteiger charge is -2.17. The van der Waals surface area contributed by atoms with Gasteiger partial charge in [-0.1, -0.05) is 23.2 Å². The van der Waals surface area contributed by atoms with Crippen molar-refractivity contribution in [1.82, 2.24) is 24.5 Å². The van der Waals surface area contributed by atoms with Gasteiger partial charge in [-0.05, 0) is 7.05 Å². The molecule has 0 saturated heterocycles. The van der Waals surface area contributed by atoms with Crippen LogP contribution in [0.3, 0.4) is 0 Å². The first-order chi connectivity index (χ1) is 8.49. The van der Waals surface area contributed by atoms with E-state index in [4.69, 9.17) is 23.2 Å². The first kappa shape index (κ1) is 13.4. The van der Waals surface area contributed by atoms with Crippen molar-refractivity contribution in [2.45, 2.75) is 13.1 Å². The Morgan fingerprint density at radius 2 is 1.39 bits per heavy atom. The smallest absolute Gasteiger partial charge is 0.0831 e. The second kappa shape index (κ2) is 5.30. The van der Waals surface area contributed by atoms with Gasteiger partial charge >= 0.3 is 0 Å². The number of aromatic nitrogens is 4. The van der Waals surface area contributed by atoms with Crippen molar-refractivity contribution in [3.63, 3.8) is 0 Å². The van der Waals surface area contributed by atoms with Gasteiger partial charge in [-0.15, -0.1) is 0 Å². The topological polar surface area (TPSA) is 38.9 Å². The van der Waals surface area contributed by atoms with E-state index in [9.17, 15) is 0 Å². The lowest BCUT2D eigenvalue weighted by molar-refractivity contribution is 0.301. The van der Waals surface area contributed by atoms with Crippen molar-refractivity contribution >= 4 is 23.2 Å². The van der Waals surface area contributed by atoms with Crippen LogP contribution in [0.5, 0.6) is 0 Å². The van der Waals surface area contributed by atoms with Gasteiger partial charge < -0.3 is 0 Å². The van der Waals surface area contributed by atoms with Gasteiger partial charge in [0.1, 0.15) is 0 Å². The lowest BCUT2D eigenvalue weighted by Crippen LogP contribution is -2.21. The Morgan fingerprint density at radius 1 is 1.00 bits per heavy atom. The maximum absolute atomic E-state index is 6.08. The van der Waals surface area contributed by atoms with Crippen LogP contribution in [0, 0.1) is 0 Å². The van der Waals surface area contributed by atoms with Crippen LogP contribution in [-0.2, 0) is 27.2 Å². The van der Waals surface area contributed by atoms with Gasteiger partial charge in [0.05, 0.1) is 33.8 Å². The van der Waals surface area contributed by atoms with Crippen LogP contribution in [0.25, 0.3) is 0 Å². The van der Waals surface area contributed by atoms with Crippen molar-refractivity contribution < 1.29 is 0 Å². The number of hydrogen-bond acceptors (Lipinski definition) is 3. The van der Waals surface area contributed by atoms with Crippen LogP contribution in [0.4, 0.5) is 0 Å². The van der Waals surface area contributed by atoms with Crippen LogP contribution < -0.4 is 0 Å². The summed E-state index contributed by atoms with van der Waals surface area (Å²) in [6, 6.07) is 0. The molecule has 2 aromatic heterocycles. The Hall–Kier alpha value is -1.04. The maximum atomic E-state index is 6.08. The third kappa shape index (κ3) is 2.68. The average Bonchev–Trinajstić information content (AvgIpc) is 2.79. The summed E-state index contributed by atoms with van der Waals surface area (Å²) >= 11 is 12.2. The minimum atomic E-state index is 0.681. The zero-order valence-electron chi connectivity index (χ0n) is 10.6. The van der Waals surface area contributed by atoms with Gasteiger partial charge in [-0.2, -0.15) is 10.2 Å². The summed E-state index contributed by atoms with van der Waals surface area (Å²) in [7, 11) is 5.77. The summed E-state index contributed by atoms with van der Waals surface area (Å²) in [4.78, 5) is 2.12. The highest BCUT2D eigenvalue weighted by molar-refractivity contribution is 6.31. The zero-order valence-corrected chi connectivity index (χ0v) is 12.1. The van der Waals surface area contributed by atoms with Gasteiger partial charge in [-0.3, -0.25) is 14.3 Å². The fourth-order valence-electron chi connectivity index (χ4n) is 1.80. The molecule has 2 rings (SSSR count). The Balaban J connectivity index is 2.08. The van der Waals surface area contributed by atoms with E-state index in [2.05, 4.69) is 15.1 Å². The zero-order chi connectivity index (χ0) is 13.3. The summed E-state index contributed by atoms with van der Waals surface area (Å²) in [6.07, 6.45) is 3.31. The molecule has 2 aromatic rings. The molecule has 18 heavy (non-hydrogen) atoms. The molecule has 2 heterocycles. The molecule has 0 aliphatic carbocycles. The molecule has 0 aliphatic rings. The van der Waals surface area contributed by atoms with Crippen molar-refractivity contribution in [3.05, 3.63) is 33.8 Å². The molecule has 0 aliphatic heterocycles. The van der Waals surface area contributed by atoms with Crippen LogP contribution in [0.15, 0.2) is 12.4 Å². The van der Waals surface area contributed by atoms with E-state index in [1.807, 2.05) is 21.1 Å². The highest BCUT2D eigenvalue weighted by atomic mass is 35.5. The minimum absolute atomic E-state index is 0.681. The SMILES string of the molecule is CN(Cc1c(Cl)cnn1C)Cc1c(Cl)cnn1C. The summed E-state index contributed by atoms with van der Waals surface area (Å²) in [5.41, 5.74) is 1.97. The standard InChI is InChI=1S/C11H15Cl2N5/c1-16(6-10-8(12)4-14-17(10)2)7-11-9(13)5-15-18(11)3/h4-5H,6-7H2,1-3H3. The normalized spacial score (nSPS) is 11.4. The van der Waals surface area contributed by atoms with Crippen molar-refractivity contribution in [2.24, 2.45) is 14.1 Å². The number of rotatable bonds is 4. The van der Waals surface area contributed by atoms with E-state index in [1.165, 1.54) is 0 Å². The second-order valence-electron chi connectivity index (χ2n) is 4.30. The van der Waals surface area contributed by atoms with E-state index in [0.717, 1.165) is 11.4 Å². The van der Waals surface area contributed by atoms with Crippen molar-refractivity contribution in [2.75, 3.05) is 7.05 Å². The molecule has 0 unspecified atom stereocenters. The molecule has 98 valence electrons. The number of halogens is 2. The molecule has 5 nitrogen and oxygen atoms in total. The molecule has 0 atom stereocenters. The average molecular weight is 288 g/mol. The van der Waals surface area contributed by atoms with Crippen LogP contribution >= 0.6 is 23.2 Å². The fraction of sp³-hybridized carbons (Fsp3) is 0.455. The highest BCUT2D eigenvalue weighted by Gasteiger charge is 2.13. The largest absolute Gasteiger partial charge is 0.295 e. The summed E-state index contributed by atoms with van der Waals surface area (Å²) < 4.78 is 3.56. The van der Waals surface area contributed by atoms with Gasteiger partial charge in [-0.25, -0.2) is 0 Å². The quantitative estimate of drug-likeness (QED) is 0.864. The molecule has 0 radical (unpaired) electrons. The lowest BCUT2D eigenvalue weighted by atomic mass is 10.3. The minimum Gasteiger partial charge on any atom is -0.295 e. The van der Waals surface area contributed by atoms with Crippen LogP contribution in [0.1, 0.15) is 11.4 Å². The van der Waals surface area contributed by atoms with Crippen molar-refractivity contribution in [3.8, 4) is 0 Å². The predicted molar refractivity (Wildman–Crippen MR) is 71.6 cm³/mol. The molecule has 0 fully saturated rings. The summed E-state index contributed by atoms with van der Waals surface area (Å²) in [5, 5.41) is 9.59. The van der Waals surface area contributed by atoms with E-state index in [0.29, 0.717) is 23.1 Å². The summed E-state index contributed by atoms with van der Waals surface area (Å²) in [5.74, 6) is 0. The monoisotopic (exact) mass is 287 g/mol. The van der Waals surface area contributed by atoms with E-state index < -0.39 is 0 Å². The van der Waals surface area contributed by atoms with Gasteiger partial charge in [0.2, 0.25) is 0 Å². The molecular formula is C11H15Cl2N5. The highest BCUT2D eigenvalue weighted by Crippen LogP contribution is 2.19. The molecule has 0 amide bonds. The Labute approximate surface area is 116 Å². The summed E-state index contributed by atoms with van der Waals surface area (Å²) in [6.45, 7) is 1.41. The Kier molecular flexibility index (Phi) is 3.94. The van der Waals surface area contributed by atoms with Gasteiger partial charge in [0, 0.05) is 27.2 Å². The molecular weight excluding hydrogens is 273 g/mol.